The minimum atomic E-state index is -0.408. The van der Waals surface area contributed by atoms with Crippen LogP contribution in [-0.4, -0.2) is 44.4 Å². The number of carbonyl (C=O) groups is 1. The van der Waals surface area contributed by atoms with Crippen LogP contribution in [0.4, 0.5) is 0 Å². The summed E-state index contributed by atoms with van der Waals surface area (Å²) in [6, 6.07) is 0. The van der Waals surface area contributed by atoms with Crippen molar-refractivity contribution in [1.82, 2.24) is 24.0 Å². The topological polar surface area (TPSA) is 100 Å². The van der Waals surface area contributed by atoms with Crippen LogP contribution in [0.1, 0.15) is 26.2 Å². The van der Waals surface area contributed by atoms with Crippen LogP contribution in [0.3, 0.4) is 0 Å². The maximum atomic E-state index is 12.3. The molecule has 0 aromatic carbocycles. The lowest BCUT2D eigenvalue weighted by Crippen LogP contribution is -2.37. The Labute approximate surface area is 145 Å². The normalized spacial score (nSPS) is 11.2. The second kappa shape index (κ2) is 8.61. The van der Waals surface area contributed by atoms with Gasteiger partial charge < -0.3 is 14.6 Å². The van der Waals surface area contributed by atoms with Gasteiger partial charge in [-0.2, -0.15) is 0 Å². The molecule has 0 saturated heterocycles. The van der Waals surface area contributed by atoms with Crippen LogP contribution in [0.2, 0.25) is 0 Å². The predicted octanol–water partition coefficient (Wildman–Crippen LogP) is -0.243. The van der Waals surface area contributed by atoms with Crippen LogP contribution in [0, 0.1) is 0 Å². The van der Waals surface area contributed by atoms with Gasteiger partial charge >= 0.3 is 5.69 Å². The molecule has 25 heavy (non-hydrogen) atoms. The third-order valence-electron chi connectivity index (χ3n) is 4.01. The average molecular weight is 351 g/mol. The quantitative estimate of drug-likeness (QED) is 0.628. The van der Waals surface area contributed by atoms with E-state index in [1.165, 1.54) is 17.9 Å². The van der Waals surface area contributed by atoms with Gasteiger partial charge in [-0.15, -0.1) is 0 Å². The van der Waals surface area contributed by atoms with Crippen LogP contribution in [-0.2, 0) is 30.2 Å². The van der Waals surface area contributed by atoms with Crippen molar-refractivity contribution in [3.8, 4) is 0 Å². The smallest absolute Gasteiger partial charge is 0.332 e. The Kier molecular flexibility index (Phi) is 6.51. The molecule has 2 aromatic heterocycles. The van der Waals surface area contributed by atoms with Crippen molar-refractivity contribution in [3.05, 3.63) is 27.2 Å². The highest BCUT2D eigenvalue weighted by molar-refractivity contribution is 5.75. The number of ether oxygens (including phenoxy) is 1. The van der Waals surface area contributed by atoms with Crippen LogP contribution >= 0.6 is 0 Å². The number of nitrogens with one attached hydrogen (secondary N) is 1. The van der Waals surface area contributed by atoms with Crippen molar-refractivity contribution in [1.29, 1.82) is 0 Å². The summed E-state index contributed by atoms with van der Waals surface area (Å²) in [6.45, 7) is 4.33. The Balaban J connectivity index is 1.93. The molecule has 0 saturated carbocycles. The van der Waals surface area contributed by atoms with Crippen molar-refractivity contribution < 1.29 is 9.53 Å². The zero-order valence-electron chi connectivity index (χ0n) is 14.9. The van der Waals surface area contributed by atoms with Crippen molar-refractivity contribution in [2.45, 2.75) is 32.7 Å². The first-order valence-electron chi connectivity index (χ1n) is 8.42. The van der Waals surface area contributed by atoms with E-state index in [9.17, 15) is 14.4 Å². The summed E-state index contributed by atoms with van der Waals surface area (Å²) in [7, 11) is 3.02. The molecule has 0 bridgehead atoms. The molecule has 1 amide bonds. The minimum Gasteiger partial charge on any atom is -0.382 e. The van der Waals surface area contributed by atoms with E-state index in [1.54, 1.807) is 11.6 Å². The van der Waals surface area contributed by atoms with Gasteiger partial charge in [0.1, 0.15) is 0 Å². The van der Waals surface area contributed by atoms with Gasteiger partial charge in [0, 0.05) is 46.8 Å². The number of aryl methyl sites for hydroxylation is 2. The number of aromatic nitrogens is 4. The molecular formula is C16H25N5O4. The Morgan fingerprint density at radius 1 is 1.24 bits per heavy atom. The SMILES string of the molecule is CCOCCCNC(=O)CCCn1cnc2c1c(=O)n(C)c(=O)n2C. The van der Waals surface area contributed by atoms with Gasteiger partial charge in [0.05, 0.1) is 6.33 Å². The third kappa shape index (κ3) is 4.36. The summed E-state index contributed by atoms with van der Waals surface area (Å²) in [4.78, 5) is 40.2. The first-order chi connectivity index (χ1) is 12.0. The lowest BCUT2D eigenvalue weighted by Gasteiger charge is -2.07. The monoisotopic (exact) mass is 351 g/mol. The zero-order valence-corrected chi connectivity index (χ0v) is 14.9. The second-order valence-corrected chi connectivity index (χ2v) is 5.82. The Hall–Kier alpha value is -2.42. The molecular weight excluding hydrogens is 326 g/mol. The summed E-state index contributed by atoms with van der Waals surface area (Å²) in [5.74, 6) is -0.0266. The maximum absolute atomic E-state index is 12.3. The molecule has 0 aliphatic carbocycles. The fraction of sp³-hybridized carbons (Fsp3) is 0.625. The molecule has 2 heterocycles. The lowest BCUT2D eigenvalue weighted by atomic mass is 10.3. The molecule has 0 aliphatic heterocycles. The zero-order chi connectivity index (χ0) is 18.4. The minimum absolute atomic E-state index is 0.0266. The summed E-state index contributed by atoms with van der Waals surface area (Å²) < 4.78 is 9.31. The first-order valence-corrected chi connectivity index (χ1v) is 8.42. The predicted molar refractivity (Wildman–Crippen MR) is 93.6 cm³/mol. The lowest BCUT2D eigenvalue weighted by molar-refractivity contribution is -0.121. The number of amides is 1. The number of imidazole rings is 1. The molecule has 0 radical (unpaired) electrons. The molecule has 1 N–H and O–H groups in total. The fourth-order valence-electron chi connectivity index (χ4n) is 2.61. The molecule has 0 unspecified atom stereocenters. The summed E-state index contributed by atoms with van der Waals surface area (Å²) in [5, 5.41) is 2.84. The molecule has 9 heteroatoms. The summed E-state index contributed by atoms with van der Waals surface area (Å²) in [5.41, 5.74) is -0.0552. The van der Waals surface area contributed by atoms with E-state index in [1.807, 2.05) is 6.92 Å². The molecule has 0 atom stereocenters. The summed E-state index contributed by atoms with van der Waals surface area (Å²) >= 11 is 0. The Morgan fingerprint density at radius 2 is 2.00 bits per heavy atom. The Morgan fingerprint density at radius 3 is 2.72 bits per heavy atom. The molecule has 9 nitrogen and oxygen atoms in total. The maximum Gasteiger partial charge on any atom is 0.332 e. The first kappa shape index (κ1) is 18.9. The van der Waals surface area contributed by atoms with E-state index in [0.717, 1.165) is 11.0 Å². The number of hydrogen-bond donors (Lipinski definition) is 1. The molecule has 0 aliphatic rings. The number of fused-ring (bicyclic) bond motifs is 1. The molecule has 2 aromatic rings. The molecule has 138 valence electrons. The second-order valence-electron chi connectivity index (χ2n) is 5.82. The van der Waals surface area contributed by atoms with Crippen molar-refractivity contribution in [2.75, 3.05) is 19.8 Å². The number of nitrogens with zero attached hydrogens (tertiary/aromatic N) is 4. The van der Waals surface area contributed by atoms with Gasteiger partial charge in [0.15, 0.2) is 11.2 Å². The molecule has 2 rings (SSSR count). The van der Waals surface area contributed by atoms with Gasteiger partial charge in [-0.05, 0) is 19.8 Å². The fourth-order valence-corrected chi connectivity index (χ4v) is 2.61. The van der Waals surface area contributed by atoms with Crippen LogP contribution in [0.15, 0.2) is 15.9 Å². The third-order valence-corrected chi connectivity index (χ3v) is 4.01. The van der Waals surface area contributed by atoms with Crippen molar-refractivity contribution >= 4 is 17.1 Å². The van der Waals surface area contributed by atoms with E-state index in [0.29, 0.717) is 50.3 Å². The van der Waals surface area contributed by atoms with E-state index < -0.39 is 5.69 Å². The number of carbonyl (C=O) groups excluding carboxylic acids is 1. The highest BCUT2D eigenvalue weighted by Crippen LogP contribution is 2.07. The van der Waals surface area contributed by atoms with Gasteiger partial charge in [0.2, 0.25) is 5.91 Å². The van der Waals surface area contributed by atoms with Crippen molar-refractivity contribution in [2.24, 2.45) is 14.1 Å². The standard InChI is InChI=1S/C16H25N5O4/c1-4-25-10-6-8-17-12(22)7-5-9-21-11-18-14-13(21)15(23)20(3)16(24)19(14)2/h11H,4-10H2,1-3H3,(H,17,22). The van der Waals surface area contributed by atoms with E-state index >= 15 is 0 Å². The van der Waals surface area contributed by atoms with Gasteiger partial charge in [-0.25, -0.2) is 9.78 Å². The largest absolute Gasteiger partial charge is 0.382 e. The highest BCUT2D eigenvalue weighted by atomic mass is 16.5. The Bertz CT molecular complexity index is 849. The van der Waals surface area contributed by atoms with Gasteiger partial charge in [0.25, 0.3) is 5.56 Å². The van der Waals surface area contributed by atoms with Crippen LogP contribution in [0.25, 0.3) is 11.2 Å². The van der Waals surface area contributed by atoms with E-state index in [-0.39, 0.29) is 11.5 Å². The number of rotatable bonds is 9. The molecule has 0 fully saturated rings. The molecule has 0 spiro atoms. The van der Waals surface area contributed by atoms with Gasteiger partial charge in [-0.3, -0.25) is 18.7 Å². The van der Waals surface area contributed by atoms with Crippen LogP contribution in [0.5, 0.6) is 0 Å². The summed E-state index contributed by atoms with van der Waals surface area (Å²) in [6.07, 6.45) is 3.26. The number of hydrogen-bond acceptors (Lipinski definition) is 5. The van der Waals surface area contributed by atoms with E-state index in [4.69, 9.17) is 4.74 Å². The average Bonchev–Trinajstić information content (AvgIpc) is 3.02. The van der Waals surface area contributed by atoms with Crippen LogP contribution < -0.4 is 16.6 Å². The van der Waals surface area contributed by atoms with Crippen molar-refractivity contribution in [3.63, 3.8) is 0 Å². The van der Waals surface area contributed by atoms with Gasteiger partial charge in [-0.1, -0.05) is 0 Å². The highest BCUT2D eigenvalue weighted by Gasteiger charge is 2.14. The van der Waals surface area contributed by atoms with E-state index in [2.05, 4.69) is 10.3 Å².